The van der Waals surface area contributed by atoms with Gasteiger partial charge in [0.05, 0.1) is 20.8 Å². The van der Waals surface area contributed by atoms with Gasteiger partial charge in [-0.25, -0.2) is 0 Å². The lowest BCUT2D eigenvalue weighted by molar-refractivity contribution is 0.0909. The Kier molecular flexibility index (Phi) is 5.84. The molecule has 1 aromatic carbocycles. The smallest absolute Gasteiger partial charge is 0.161 e. The summed E-state index contributed by atoms with van der Waals surface area (Å²) in [4.78, 5) is 0. The highest BCUT2D eigenvalue weighted by molar-refractivity contribution is 5.42. The molecule has 0 aliphatic carbocycles. The Hall–Kier alpha value is -1.22. The van der Waals surface area contributed by atoms with Gasteiger partial charge < -0.3 is 14.2 Å². The molecule has 0 aromatic heterocycles. The Bertz CT molecular complexity index is 336. The molecule has 0 radical (unpaired) electrons. The largest absolute Gasteiger partial charge is 0.493 e. The van der Waals surface area contributed by atoms with E-state index in [1.54, 1.807) is 14.2 Å². The molecular formula is C14H22O3. The average Bonchev–Trinajstić information content (AvgIpc) is 2.38. The summed E-state index contributed by atoms with van der Waals surface area (Å²) in [7, 11) is 3.28. The Morgan fingerprint density at radius 3 is 2.41 bits per heavy atom. The number of benzene rings is 1. The van der Waals surface area contributed by atoms with Gasteiger partial charge in [-0.2, -0.15) is 0 Å². The van der Waals surface area contributed by atoms with Crippen LogP contribution in [0.3, 0.4) is 0 Å². The third-order valence-electron chi connectivity index (χ3n) is 2.82. The summed E-state index contributed by atoms with van der Waals surface area (Å²) in [5.41, 5.74) is 1.10. The molecule has 0 N–H and O–H groups in total. The maximum Gasteiger partial charge on any atom is 0.161 e. The van der Waals surface area contributed by atoms with Crippen LogP contribution < -0.4 is 9.47 Å². The van der Waals surface area contributed by atoms with Gasteiger partial charge in [-0.1, -0.05) is 26.3 Å². The van der Waals surface area contributed by atoms with Crippen molar-refractivity contribution in [1.82, 2.24) is 0 Å². The number of methoxy groups -OCH3 is 2. The normalized spacial score (nSPS) is 12.2. The third kappa shape index (κ3) is 4.27. The first-order chi connectivity index (χ1) is 8.21. The summed E-state index contributed by atoms with van der Waals surface area (Å²) in [6.45, 7) is 5.77. The monoisotopic (exact) mass is 238 g/mol. The molecule has 3 heteroatoms. The van der Waals surface area contributed by atoms with Gasteiger partial charge in [0.2, 0.25) is 0 Å². The minimum atomic E-state index is 0.607. The number of rotatable bonds is 7. The molecule has 0 aliphatic heterocycles. The van der Waals surface area contributed by atoms with Crippen LogP contribution in [0.25, 0.3) is 0 Å². The van der Waals surface area contributed by atoms with Crippen molar-refractivity contribution in [2.45, 2.75) is 26.9 Å². The summed E-state index contributed by atoms with van der Waals surface area (Å²) >= 11 is 0. The van der Waals surface area contributed by atoms with E-state index in [2.05, 4.69) is 13.8 Å². The van der Waals surface area contributed by atoms with Crippen LogP contribution >= 0.6 is 0 Å². The predicted molar refractivity (Wildman–Crippen MR) is 68.7 cm³/mol. The SMILES string of the molecule is CC[C@@H](C)COCc1ccc(OC)c(OC)c1. The van der Waals surface area contributed by atoms with Gasteiger partial charge in [-0.05, 0) is 23.6 Å². The van der Waals surface area contributed by atoms with Crippen molar-refractivity contribution in [3.63, 3.8) is 0 Å². The summed E-state index contributed by atoms with van der Waals surface area (Å²) in [6, 6.07) is 5.86. The maximum atomic E-state index is 5.65. The molecular weight excluding hydrogens is 216 g/mol. The van der Waals surface area contributed by atoms with Crippen LogP contribution in [0.15, 0.2) is 18.2 Å². The van der Waals surface area contributed by atoms with Crippen molar-refractivity contribution in [3.05, 3.63) is 23.8 Å². The molecule has 0 saturated heterocycles. The van der Waals surface area contributed by atoms with E-state index in [1.807, 2.05) is 18.2 Å². The van der Waals surface area contributed by atoms with Crippen LogP contribution in [-0.4, -0.2) is 20.8 Å². The van der Waals surface area contributed by atoms with Crippen molar-refractivity contribution >= 4 is 0 Å². The van der Waals surface area contributed by atoms with Crippen LogP contribution in [0.2, 0.25) is 0 Å². The Morgan fingerprint density at radius 1 is 1.12 bits per heavy atom. The van der Waals surface area contributed by atoms with Gasteiger partial charge in [0.25, 0.3) is 0 Å². The summed E-state index contributed by atoms with van der Waals surface area (Å²) in [5, 5.41) is 0. The Morgan fingerprint density at radius 2 is 1.82 bits per heavy atom. The van der Waals surface area contributed by atoms with E-state index in [9.17, 15) is 0 Å². The standard InChI is InChI=1S/C14H22O3/c1-5-11(2)9-17-10-12-6-7-13(15-3)14(8-12)16-4/h6-8,11H,5,9-10H2,1-4H3/t11-/m1/s1. The van der Waals surface area contributed by atoms with Gasteiger partial charge >= 0.3 is 0 Å². The fourth-order valence-electron chi connectivity index (χ4n) is 1.47. The highest BCUT2D eigenvalue weighted by Crippen LogP contribution is 2.27. The first-order valence-corrected chi connectivity index (χ1v) is 5.99. The van der Waals surface area contributed by atoms with Crippen molar-refractivity contribution in [1.29, 1.82) is 0 Å². The predicted octanol–water partition coefficient (Wildman–Crippen LogP) is 3.27. The second kappa shape index (κ2) is 7.17. The van der Waals surface area contributed by atoms with Gasteiger partial charge in [-0.15, -0.1) is 0 Å². The van der Waals surface area contributed by atoms with E-state index in [4.69, 9.17) is 14.2 Å². The fourth-order valence-corrected chi connectivity index (χ4v) is 1.47. The van der Waals surface area contributed by atoms with E-state index in [1.165, 1.54) is 0 Å². The molecule has 0 spiro atoms. The molecule has 0 heterocycles. The summed E-state index contributed by atoms with van der Waals surface area (Å²) in [6.07, 6.45) is 1.14. The molecule has 0 saturated carbocycles. The van der Waals surface area contributed by atoms with E-state index in [-0.39, 0.29) is 0 Å². The molecule has 1 aromatic rings. The molecule has 0 fully saturated rings. The van der Waals surface area contributed by atoms with Crippen molar-refractivity contribution in [2.75, 3.05) is 20.8 Å². The number of hydrogen-bond acceptors (Lipinski definition) is 3. The molecule has 0 unspecified atom stereocenters. The molecule has 0 aliphatic rings. The van der Waals surface area contributed by atoms with Crippen LogP contribution in [0, 0.1) is 5.92 Å². The maximum absolute atomic E-state index is 5.65. The van der Waals surface area contributed by atoms with Crippen molar-refractivity contribution in [3.8, 4) is 11.5 Å². The van der Waals surface area contributed by atoms with Crippen LogP contribution in [0.5, 0.6) is 11.5 Å². The highest BCUT2D eigenvalue weighted by Gasteiger charge is 2.05. The lowest BCUT2D eigenvalue weighted by Gasteiger charge is -2.11. The molecule has 0 bridgehead atoms. The van der Waals surface area contributed by atoms with E-state index in [0.29, 0.717) is 12.5 Å². The van der Waals surface area contributed by atoms with Crippen molar-refractivity contribution < 1.29 is 14.2 Å². The molecule has 96 valence electrons. The second-order valence-corrected chi connectivity index (χ2v) is 4.22. The van der Waals surface area contributed by atoms with Crippen LogP contribution in [0.1, 0.15) is 25.8 Å². The summed E-state index contributed by atoms with van der Waals surface area (Å²) in [5.74, 6) is 2.10. The lowest BCUT2D eigenvalue weighted by atomic mass is 10.1. The first kappa shape index (κ1) is 13.8. The van der Waals surface area contributed by atoms with E-state index < -0.39 is 0 Å². The zero-order chi connectivity index (χ0) is 12.7. The van der Waals surface area contributed by atoms with Crippen LogP contribution in [-0.2, 0) is 11.3 Å². The molecule has 1 rings (SSSR count). The zero-order valence-electron chi connectivity index (χ0n) is 11.2. The number of hydrogen-bond donors (Lipinski definition) is 0. The molecule has 17 heavy (non-hydrogen) atoms. The molecule has 3 nitrogen and oxygen atoms in total. The summed E-state index contributed by atoms with van der Waals surface area (Å²) < 4.78 is 16.1. The minimum Gasteiger partial charge on any atom is -0.493 e. The zero-order valence-corrected chi connectivity index (χ0v) is 11.2. The van der Waals surface area contributed by atoms with Gasteiger partial charge in [-0.3, -0.25) is 0 Å². The average molecular weight is 238 g/mol. The van der Waals surface area contributed by atoms with Gasteiger partial charge in [0.1, 0.15) is 0 Å². The lowest BCUT2D eigenvalue weighted by Crippen LogP contribution is -2.04. The molecule has 0 amide bonds. The quantitative estimate of drug-likeness (QED) is 0.729. The fraction of sp³-hybridized carbons (Fsp3) is 0.571. The van der Waals surface area contributed by atoms with E-state index >= 15 is 0 Å². The molecule has 1 atom stereocenters. The third-order valence-corrected chi connectivity index (χ3v) is 2.82. The Balaban J connectivity index is 2.54. The highest BCUT2D eigenvalue weighted by atomic mass is 16.5. The minimum absolute atomic E-state index is 0.607. The van der Waals surface area contributed by atoms with Gasteiger partial charge in [0, 0.05) is 6.61 Å². The number of ether oxygens (including phenoxy) is 3. The van der Waals surface area contributed by atoms with Crippen LogP contribution in [0.4, 0.5) is 0 Å². The van der Waals surface area contributed by atoms with E-state index in [0.717, 1.165) is 30.1 Å². The van der Waals surface area contributed by atoms with Crippen molar-refractivity contribution in [2.24, 2.45) is 5.92 Å². The topological polar surface area (TPSA) is 27.7 Å². The second-order valence-electron chi connectivity index (χ2n) is 4.22. The van der Waals surface area contributed by atoms with Gasteiger partial charge in [0.15, 0.2) is 11.5 Å². The first-order valence-electron chi connectivity index (χ1n) is 5.99. The Labute approximate surface area is 104 Å².